The molecule has 0 spiro atoms. The zero-order valence-electron chi connectivity index (χ0n) is 11.1. The predicted octanol–water partition coefficient (Wildman–Crippen LogP) is 1.09. The summed E-state index contributed by atoms with van der Waals surface area (Å²) < 4.78 is 13.4. The molecular weight excluding hydrogens is 249 g/mol. The van der Waals surface area contributed by atoms with E-state index in [0.29, 0.717) is 18.5 Å². The third-order valence-electron chi connectivity index (χ3n) is 3.71. The third-order valence-corrected chi connectivity index (χ3v) is 3.71. The van der Waals surface area contributed by atoms with Gasteiger partial charge in [0.15, 0.2) is 0 Å². The van der Waals surface area contributed by atoms with E-state index < -0.39 is 17.5 Å². The number of carbonyl (C=O) groups excluding carboxylic acids is 1. The molecule has 0 aromatic heterocycles. The summed E-state index contributed by atoms with van der Waals surface area (Å²) in [6, 6.07) is 4.33. The Morgan fingerprint density at radius 3 is 2.79 bits per heavy atom. The molecule has 1 fully saturated rings. The van der Waals surface area contributed by atoms with E-state index in [1.807, 2.05) is 0 Å². The fraction of sp³-hybridized carbons (Fsp3) is 0.500. The summed E-state index contributed by atoms with van der Waals surface area (Å²) in [5.41, 5.74) is -0.426. The van der Waals surface area contributed by atoms with Crippen molar-refractivity contribution in [1.82, 2.24) is 4.90 Å². The minimum atomic E-state index is -1.17. The number of nitrogens with zero attached hydrogens (tertiary/aromatic N) is 1. The summed E-state index contributed by atoms with van der Waals surface area (Å²) in [5, 5.41) is 19.6. The molecule has 1 aliphatic rings. The van der Waals surface area contributed by atoms with Crippen molar-refractivity contribution in [1.29, 1.82) is 0 Å². The number of β-amino-alcohol motifs (C(OH)–C–C–N with tert-alkyl or cyclic N) is 1. The molecule has 1 saturated heterocycles. The van der Waals surface area contributed by atoms with Gasteiger partial charge in [-0.3, -0.25) is 4.79 Å². The molecule has 0 aliphatic carbocycles. The summed E-state index contributed by atoms with van der Waals surface area (Å²) >= 11 is 0. The lowest BCUT2D eigenvalue weighted by molar-refractivity contribution is -0.0999. The SMILES string of the molecule is Cc1ccc(C(=O)N2CC[C@@](C)(O)[C@@H](O)C2)cc1F. The Balaban J connectivity index is 2.14. The number of halogens is 1. The van der Waals surface area contributed by atoms with Gasteiger partial charge in [-0.05, 0) is 38.0 Å². The van der Waals surface area contributed by atoms with Crippen LogP contribution < -0.4 is 0 Å². The number of likely N-dealkylation sites (tertiary alicyclic amines) is 1. The maximum Gasteiger partial charge on any atom is 0.254 e. The molecule has 1 heterocycles. The van der Waals surface area contributed by atoms with Crippen LogP contribution >= 0.6 is 0 Å². The number of aryl methyl sites for hydroxylation is 1. The van der Waals surface area contributed by atoms with E-state index in [4.69, 9.17) is 0 Å². The van der Waals surface area contributed by atoms with E-state index in [1.165, 1.54) is 11.0 Å². The number of hydrogen-bond donors (Lipinski definition) is 2. The highest BCUT2D eigenvalue weighted by atomic mass is 19.1. The van der Waals surface area contributed by atoms with E-state index in [0.717, 1.165) is 0 Å². The second-order valence-corrected chi connectivity index (χ2v) is 5.34. The highest BCUT2D eigenvalue weighted by Crippen LogP contribution is 2.23. The van der Waals surface area contributed by atoms with Gasteiger partial charge >= 0.3 is 0 Å². The second kappa shape index (κ2) is 4.90. The van der Waals surface area contributed by atoms with E-state index >= 15 is 0 Å². The third kappa shape index (κ3) is 2.77. The topological polar surface area (TPSA) is 60.8 Å². The summed E-state index contributed by atoms with van der Waals surface area (Å²) in [5.74, 6) is -0.746. The van der Waals surface area contributed by atoms with Crippen molar-refractivity contribution in [2.75, 3.05) is 13.1 Å². The number of aliphatic hydroxyl groups is 2. The van der Waals surface area contributed by atoms with Gasteiger partial charge in [0.2, 0.25) is 0 Å². The molecule has 1 aromatic carbocycles. The van der Waals surface area contributed by atoms with Crippen molar-refractivity contribution in [3.63, 3.8) is 0 Å². The van der Waals surface area contributed by atoms with Gasteiger partial charge in [-0.15, -0.1) is 0 Å². The first-order valence-electron chi connectivity index (χ1n) is 6.27. The molecule has 5 heteroatoms. The molecule has 2 N–H and O–H groups in total. The van der Waals surface area contributed by atoms with Crippen LogP contribution in [-0.4, -0.2) is 45.8 Å². The van der Waals surface area contributed by atoms with E-state index in [2.05, 4.69) is 0 Å². The number of piperidine rings is 1. The maximum atomic E-state index is 13.4. The Morgan fingerprint density at radius 1 is 1.53 bits per heavy atom. The average Bonchev–Trinajstić information content (AvgIpc) is 2.35. The molecule has 4 nitrogen and oxygen atoms in total. The van der Waals surface area contributed by atoms with Crippen LogP contribution in [0, 0.1) is 12.7 Å². The standard InChI is InChI=1S/C14H18FNO3/c1-9-3-4-10(7-11(9)15)13(18)16-6-5-14(2,19)12(17)8-16/h3-4,7,12,17,19H,5-6,8H2,1-2H3/t12-,14+/m0/s1. The number of carbonyl (C=O) groups is 1. The molecule has 0 bridgehead atoms. The van der Waals surface area contributed by atoms with Crippen LogP contribution in [0.25, 0.3) is 0 Å². The lowest BCUT2D eigenvalue weighted by Gasteiger charge is -2.39. The summed E-state index contributed by atoms with van der Waals surface area (Å²) in [6.07, 6.45) is -0.686. The smallest absolute Gasteiger partial charge is 0.254 e. The Morgan fingerprint density at radius 2 is 2.21 bits per heavy atom. The van der Waals surface area contributed by atoms with E-state index in [1.54, 1.807) is 26.0 Å². The summed E-state index contributed by atoms with van der Waals surface area (Å²) in [7, 11) is 0. The fourth-order valence-corrected chi connectivity index (χ4v) is 2.12. The van der Waals surface area contributed by atoms with Crippen molar-refractivity contribution in [3.05, 3.63) is 35.1 Å². The van der Waals surface area contributed by atoms with Crippen LogP contribution in [0.15, 0.2) is 18.2 Å². The molecule has 1 aliphatic heterocycles. The van der Waals surface area contributed by atoms with Crippen LogP contribution in [-0.2, 0) is 0 Å². The van der Waals surface area contributed by atoms with E-state index in [-0.39, 0.29) is 18.0 Å². The van der Waals surface area contributed by atoms with Crippen molar-refractivity contribution >= 4 is 5.91 Å². The van der Waals surface area contributed by atoms with Crippen molar-refractivity contribution in [2.24, 2.45) is 0 Å². The number of rotatable bonds is 1. The van der Waals surface area contributed by atoms with Gasteiger partial charge in [0, 0.05) is 18.7 Å². The maximum absolute atomic E-state index is 13.4. The minimum absolute atomic E-state index is 0.0569. The number of amides is 1. The first-order valence-corrected chi connectivity index (χ1v) is 6.27. The van der Waals surface area contributed by atoms with Crippen LogP contribution in [0.3, 0.4) is 0 Å². The Labute approximate surface area is 111 Å². The largest absolute Gasteiger partial charge is 0.388 e. The first kappa shape index (κ1) is 14.0. The molecular formula is C14H18FNO3. The van der Waals surface area contributed by atoms with Gasteiger partial charge < -0.3 is 15.1 Å². The Kier molecular flexibility index (Phi) is 3.60. The van der Waals surface area contributed by atoms with Gasteiger partial charge in [-0.2, -0.15) is 0 Å². The highest BCUT2D eigenvalue weighted by Gasteiger charge is 2.38. The second-order valence-electron chi connectivity index (χ2n) is 5.34. The molecule has 2 rings (SSSR count). The van der Waals surface area contributed by atoms with E-state index in [9.17, 15) is 19.4 Å². The monoisotopic (exact) mass is 267 g/mol. The molecule has 1 amide bonds. The van der Waals surface area contributed by atoms with Crippen LogP contribution in [0.4, 0.5) is 4.39 Å². The van der Waals surface area contributed by atoms with Crippen LogP contribution in [0.1, 0.15) is 29.3 Å². The zero-order chi connectivity index (χ0) is 14.2. The summed E-state index contributed by atoms with van der Waals surface area (Å²) in [4.78, 5) is 13.6. The lowest BCUT2D eigenvalue weighted by atomic mass is 9.90. The highest BCUT2D eigenvalue weighted by molar-refractivity contribution is 5.94. The lowest BCUT2D eigenvalue weighted by Crippen LogP contribution is -2.55. The molecule has 0 saturated carbocycles. The Bertz CT molecular complexity index is 501. The molecule has 2 atom stereocenters. The quantitative estimate of drug-likeness (QED) is 0.800. The molecule has 0 unspecified atom stereocenters. The molecule has 104 valence electrons. The van der Waals surface area contributed by atoms with Gasteiger partial charge in [-0.1, -0.05) is 6.07 Å². The normalized spacial score (nSPS) is 27.4. The molecule has 0 radical (unpaired) electrons. The molecule has 19 heavy (non-hydrogen) atoms. The van der Waals surface area contributed by atoms with Crippen molar-refractivity contribution < 1.29 is 19.4 Å². The predicted molar refractivity (Wildman–Crippen MR) is 68.3 cm³/mol. The van der Waals surface area contributed by atoms with Crippen molar-refractivity contribution in [3.8, 4) is 0 Å². The fourth-order valence-electron chi connectivity index (χ4n) is 2.12. The van der Waals surface area contributed by atoms with Crippen molar-refractivity contribution in [2.45, 2.75) is 32.0 Å². The van der Waals surface area contributed by atoms with Gasteiger partial charge in [0.05, 0.1) is 11.7 Å². The number of hydrogen-bond acceptors (Lipinski definition) is 3. The number of benzene rings is 1. The average molecular weight is 267 g/mol. The number of aliphatic hydroxyl groups excluding tert-OH is 1. The van der Waals surface area contributed by atoms with Gasteiger partial charge in [0.1, 0.15) is 5.82 Å². The minimum Gasteiger partial charge on any atom is -0.388 e. The zero-order valence-corrected chi connectivity index (χ0v) is 11.1. The summed E-state index contributed by atoms with van der Waals surface area (Å²) in [6.45, 7) is 3.58. The first-order chi connectivity index (χ1) is 8.81. The Hall–Kier alpha value is -1.46. The van der Waals surface area contributed by atoms with Gasteiger partial charge in [0.25, 0.3) is 5.91 Å². The van der Waals surface area contributed by atoms with Gasteiger partial charge in [-0.25, -0.2) is 4.39 Å². The molecule has 1 aromatic rings. The van der Waals surface area contributed by atoms with Crippen LogP contribution in [0.5, 0.6) is 0 Å². The van der Waals surface area contributed by atoms with Crippen LogP contribution in [0.2, 0.25) is 0 Å².